The summed E-state index contributed by atoms with van der Waals surface area (Å²) in [4.78, 5) is 24.0. The highest BCUT2D eigenvalue weighted by Gasteiger charge is 2.70. The van der Waals surface area contributed by atoms with Crippen LogP contribution in [0.1, 0.15) is 80.6 Å². The zero-order valence-electron chi connectivity index (χ0n) is 19.9. The van der Waals surface area contributed by atoms with Crippen molar-refractivity contribution < 1.29 is 23.5 Å². The van der Waals surface area contributed by atoms with Crippen LogP contribution in [0.5, 0.6) is 0 Å². The fraction of sp³-hybridized carbons (Fsp3) is 0.517. The molecule has 1 N–H and O–H groups in total. The van der Waals surface area contributed by atoms with E-state index in [-0.39, 0.29) is 35.7 Å². The molecule has 0 radical (unpaired) electrons. The van der Waals surface area contributed by atoms with E-state index < -0.39 is 16.9 Å². The second-order valence-electron chi connectivity index (χ2n) is 10.9. The number of hydrogen-bond acceptors (Lipinski definition) is 3. The number of carbonyl (C=O) groups is 2. The standard InChI is InChI=1S/C29H32F2O3/c1-4-29(30,31)28(34)14-13-25-23-11-9-20-15-21(33)10-12-22(20)26(23)24(16-27(25,28)3)19-7-5-18(6-8-19)17(2)32/h4-8,15,23-25,34H,1,9-14,16H2,2-3H3/t23-,24+,25-,27-,28-/m0/s1. The molecule has 180 valence electrons. The summed E-state index contributed by atoms with van der Waals surface area (Å²) in [6.45, 7) is 6.71. The van der Waals surface area contributed by atoms with Gasteiger partial charge in [-0.3, -0.25) is 9.59 Å². The molecule has 5 atom stereocenters. The van der Waals surface area contributed by atoms with E-state index in [0.29, 0.717) is 37.3 Å². The maximum absolute atomic E-state index is 15.2. The summed E-state index contributed by atoms with van der Waals surface area (Å²) in [6.07, 6.45) is 6.12. The highest BCUT2D eigenvalue weighted by molar-refractivity contribution is 5.94. The number of allylic oxidation sites excluding steroid dienone is 4. The Bertz CT molecular complexity index is 1130. The first-order chi connectivity index (χ1) is 16.0. The summed E-state index contributed by atoms with van der Waals surface area (Å²) in [6, 6.07) is 7.47. The molecule has 34 heavy (non-hydrogen) atoms. The van der Waals surface area contributed by atoms with Gasteiger partial charge in [-0.25, -0.2) is 0 Å². The van der Waals surface area contributed by atoms with Crippen molar-refractivity contribution in [2.75, 3.05) is 0 Å². The van der Waals surface area contributed by atoms with Gasteiger partial charge in [0, 0.05) is 23.3 Å². The summed E-state index contributed by atoms with van der Waals surface area (Å²) >= 11 is 0. The minimum Gasteiger partial charge on any atom is -0.383 e. The Morgan fingerprint density at radius 3 is 2.53 bits per heavy atom. The second-order valence-corrected chi connectivity index (χ2v) is 10.9. The zero-order chi connectivity index (χ0) is 24.5. The molecule has 0 aromatic heterocycles. The Kier molecular flexibility index (Phi) is 5.36. The molecule has 0 unspecified atom stereocenters. The normalized spacial score (nSPS) is 35.3. The van der Waals surface area contributed by atoms with Crippen LogP contribution in [0.3, 0.4) is 0 Å². The Hall–Kier alpha value is -2.40. The molecular formula is C29H32F2O3. The second kappa shape index (κ2) is 7.81. The third kappa shape index (κ3) is 3.16. The van der Waals surface area contributed by atoms with E-state index in [1.807, 2.05) is 19.1 Å². The van der Waals surface area contributed by atoms with Crippen molar-refractivity contribution in [3.63, 3.8) is 0 Å². The van der Waals surface area contributed by atoms with Crippen molar-refractivity contribution in [3.8, 4) is 0 Å². The first-order valence-corrected chi connectivity index (χ1v) is 12.3. The lowest BCUT2D eigenvalue weighted by molar-refractivity contribution is -0.213. The third-order valence-corrected chi connectivity index (χ3v) is 9.41. The zero-order valence-corrected chi connectivity index (χ0v) is 19.9. The quantitative estimate of drug-likeness (QED) is 0.416. The molecule has 0 heterocycles. The number of halogens is 2. The smallest absolute Gasteiger partial charge is 0.294 e. The Morgan fingerprint density at radius 1 is 1.18 bits per heavy atom. The molecule has 5 heteroatoms. The van der Waals surface area contributed by atoms with E-state index in [2.05, 4.69) is 6.58 Å². The minimum absolute atomic E-state index is 0.0217. The molecule has 0 spiro atoms. The topological polar surface area (TPSA) is 54.4 Å². The Balaban J connectivity index is 1.69. The number of benzene rings is 1. The van der Waals surface area contributed by atoms with Gasteiger partial charge >= 0.3 is 0 Å². The number of rotatable bonds is 4. The van der Waals surface area contributed by atoms with Crippen LogP contribution in [0, 0.1) is 17.3 Å². The van der Waals surface area contributed by atoms with Crippen molar-refractivity contribution in [1.82, 2.24) is 0 Å². The fourth-order valence-corrected chi connectivity index (χ4v) is 7.63. The van der Waals surface area contributed by atoms with Crippen molar-refractivity contribution in [3.05, 3.63) is 70.8 Å². The number of hydrogen-bond donors (Lipinski definition) is 1. The van der Waals surface area contributed by atoms with Gasteiger partial charge in [-0.1, -0.05) is 43.3 Å². The highest BCUT2D eigenvalue weighted by Crippen LogP contribution is 2.69. The van der Waals surface area contributed by atoms with Crippen LogP contribution in [0.4, 0.5) is 8.78 Å². The van der Waals surface area contributed by atoms with E-state index >= 15 is 8.78 Å². The van der Waals surface area contributed by atoms with Crippen LogP contribution >= 0.6 is 0 Å². The van der Waals surface area contributed by atoms with Crippen LogP contribution in [-0.4, -0.2) is 28.2 Å². The maximum atomic E-state index is 15.2. The van der Waals surface area contributed by atoms with Crippen LogP contribution in [0.25, 0.3) is 0 Å². The summed E-state index contributed by atoms with van der Waals surface area (Å²) in [7, 11) is 0. The molecule has 0 amide bonds. The Morgan fingerprint density at radius 2 is 1.88 bits per heavy atom. The summed E-state index contributed by atoms with van der Waals surface area (Å²) < 4.78 is 30.4. The molecule has 2 saturated carbocycles. The van der Waals surface area contributed by atoms with Gasteiger partial charge in [0.2, 0.25) is 0 Å². The van der Waals surface area contributed by atoms with Gasteiger partial charge in [0.15, 0.2) is 11.6 Å². The van der Waals surface area contributed by atoms with Crippen molar-refractivity contribution >= 4 is 11.6 Å². The van der Waals surface area contributed by atoms with Gasteiger partial charge in [0.05, 0.1) is 0 Å². The molecule has 1 aromatic rings. The van der Waals surface area contributed by atoms with Gasteiger partial charge < -0.3 is 5.11 Å². The molecule has 3 nitrogen and oxygen atoms in total. The van der Waals surface area contributed by atoms with Gasteiger partial charge in [0.25, 0.3) is 5.92 Å². The summed E-state index contributed by atoms with van der Waals surface area (Å²) in [5.74, 6) is -3.37. The first kappa shape index (κ1) is 23.3. The molecule has 0 aliphatic heterocycles. The van der Waals surface area contributed by atoms with E-state index in [4.69, 9.17) is 0 Å². The van der Waals surface area contributed by atoms with Crippen LogP contribution in [0.2, 0.25) is 0 Å². The van der Waals surface area contributed by atoms with E-state index in [0.717, 1.165) is 24.0 Å². The van der Waals surface area contributed by atoms with E-state index in [1.54, 1.807) is 18.2 Å². The van der Waals surface area contributed by atoms with Crippen molar-refractivity contribution in [2.24, 2.45) is 17.3 Å². The largest absolute Gasteiger partial charge is 0.383 e. The van der Waals surface area contributed by atoms with Crippen molar-refractivity contribution in [2.45, 2.75) is 76.2 Å². The number of aliphatic hydroxyl groups is 1. The average Bonchev–Trinajstić information content (AvgIpc) is 3.10. The van der Waals surface area contributed by atoms with Crippen LogP contribution in [-0.2, 0) is 4.79 Å². The molecule has 0 saturated heterocycles. The molecule has 2 fully saturated rings. The van der Waals surface area contributed by atoms with Gasteiger partial charge in [-0.15, -0.1) is 0 Å². The first-order valence-electron chi connectivity index (χ1n) is 12.3. The molecule has 1 aromatic carbocycles. The molecular weight excluding hydrogens is 434 g/mol. The molecule has 4 aliphatic rings. The number of Topliss-reactive ketones (excluding diaryl/α,β-unsaturated/α-hetero) is 1. The lowest BCUT2D eigenvalue weighted by Gasteiger charge is -2.55. The van der Waals surface area contributed by atoms with Gasteiger partial charge in [0.1, 0.15) is 5.60 Å². The van der Waals surface area contributed by atoms with Gasteiger partial charge in [-0.2, -0.15) is 8.78 Å². The van der Waals surface area contributed by atoms with E-state index in [9.17, 15) is 14.7 Å². The summed E-state index contributed by atoms with van der Waals surface area (Å²) in [5.41, 5.74) is 2.04. The van der Waals surface area contributed by atoms with Crippen LogP contribution in [0.15, 0.2) is 59.7 Å². The number of alkyl halides is 2. The molecule has 0 bridgehead atoms. The molecule has 5 rings (SSSR count). The van der Waals surface area contributed by atoms with E-state index in [1.165, 1.54) is 18.1 Å². The average molecular weight is 467 g/mol. The number of carbonyl (C=O) groups excluding carboxylic acids is 2. The third-order valence-electron chi connectivity index (χ3n) is 9.41. The number of fused-ring (bicyclic) bond motifs is 4. The van der Waals surface area contributed by atoms with Crippen LogP contribution < -0.4 is 0 Å². The predicted molar refractivity (Wildman–Crippen MR) is 127 cm³/mol. The fourth-order valence-electron chi connectivity index (χ4n) is 7.63. The minimum atomic E-state index is -3.39. The predicted octanol–water partition coefficient (Wildman–Crippen LogP) is 6.34. The lowest BCUT2D eigenvalue weighted by Crippen LogP contribution is -2.59. The summed E-state index contributed by atoms with van der Waals surface area (Å²) in [5, 5.41) is 11.6. The maximum Gasteiger partial charge on any atom is 0.294 e. The molecule has 4 aliphatic carbocycles. The Labute approximate surface area is 199 Å². The highest BCUT2D eigenvalue weighted by atomic mass is 19.3. The van der Waals surface area contributed by atoms with Crippen molar-refractivity contribution in [1.29, 1.82) is 0 Å². The number of ketones is 2. The lowest BCUT2D eigenvalue weighted by atomic mass is 9.50. The van der Waals surface area contributed by atoms with Gasteiger partial charge in [-0.05, 0) is 86.1 Å². The SMILES string of the molecule is C=CC(F)(F)[C@]1(O)CC[C@H]2[C@@H]3CCC4=CC(=O)CCC4=C3[C@@H](c3ccc(C(C)=O)cc3)C[C@@]21C. The monoisotopic (exact) mass is 466 g/mol.